The van der Waals surface area contributed by atoms with Crippen LogP contribution in [0.25, 0.3) is 21.8 Å². The fraction of sp³-hybridized carbons (Fsp3) is 0.240. The highest BCUT2D eigenvalue weighted by molar-refractivity contribution is 9.10. The minimum absolute atomic E-state index is 0.0383. The summed E-state index contributed by atoms with van der Waals surface area (Å²) in [5, 5.41) is 7.02. The Balaban J connectivity index is 1.58. The van der Waals surface area contributed by atoms with Gasteiger partial charge in [0.05, 0.1) is 11.6 Å². The van der Waals surface area contributed by atoms with Crippen LogP contribution in [0, 0.1) is 0 Å². The molecule has 0 aliphatic carbocycles. The zero-order valence-electron chi connectivity index (χ0n) is 19.0. The molecular formula is C25H25BrN4O4. The highest BCUT2D eigenvalue weighted by Gasteiger charge is 2.26. The van der Waals surface area contributed by atoms with E-state index in [0.717, 1.165) is 26.5 Å². The number of para-hydroxylation sites is 1. The molecular weight excluding hydrogens is 500 g/mol. The van der Waals surface area contributed by atoms with E-state index >= 15 is 0 Å². The van der Waals surface area contributed by atoms with Gasteiger partial charge in [-0.05, 0) is 39.0 Å². The van der Waals surface area contributed by atoms with E-state index in [1.165, 1.54) is 6.20 Å². The predicted molar refractivity (Wildman–Crippen MR) is 134 cm³/mol. The van der Waals surface area contributed by atoms with Crippen molar-refractivity contribution in [2.45, 2.75) is 32.4 Å². The van der Waals surface area contributed by atoms with Crippen molar-refractivity contribution in [1.82, 2.24) is 20.6 Å². The van der Waals surface area contributed by atoms with Gasteiger partial charge in [0.15, 0.2) is 0 Å². The van der Waals surface area contributed by atoms with Crippen LogP contribution >= 0.6 is 15.9 Å². The van der Waals surface area contributed by atoms with Crippen molar-refractivity contribution in [3.63, 3.8) is 0 Å². The third-order valence-corrected chi connectivity index (χ3v) is 5.74. The van der Waals surface area contributed by atoms with Crippen LogP contribution in [-0.2, 0) is 9.53 Å². The molecule has 2 amide bonds. The SMILES string of the molecule is CC(C)(C)OC(=O)NCC(NC(=O)C(=O)c1c[nH]c2cc(Br)ccc12)c1c[nH]c2ccccc12. The molecule has 0 aliphatic heterocycles. The Bertz CT molecular complexity index is 1380. The van der Waals surface area contributed by atoms with E-state index in [2.05, 4.69) is 36.5 Å². The summed E-state index contributed by atoms with van der Waals surface area (Å²) in [5.41, 5.74) is 1.98. The molecule has 0 aliphatic rings. The molecule has 0 saturated carbocycles. The van der Waals surface area contributed by atoms with Gasteiger partial charge in [-0.2, -0.15) is 0 Å². The van der Waals surface area contributed by atoms with Crippen molar-refractivity contribution in [2.75, 3.05) is 6.54 Å². The van der Waals surface area contributed by atoms with Crippen LogP contribution in [0.5, 0.6) is 0 Å². The summed E-state index contributed by atoms with van der Waals surface area (Å²) in [6.07, 6.45) is 2.68. The van der Waals surface area contributed by atoms with Crippen molar-refractivity contribution in [3.05, 3.63) is 70.5 Å². The number of ether oxygens (including phenoxy) is 1. The minimum Gasteiger partial charge on any atom is -0.444 e. The number of rotatable bonds is 6. The first-order valence-corrected chi connectivity index (χ1v) is 11.6. The molecule has 0 bridgehead atoms. The zero-order chi connectivity index (χ0) is 24.5. The standard InChI is InChI=1S/C25H25BrN4O4/c1-25(2,3)34-24(33)29-13-21(17-11-27-19-7-5-4-6-15(17)19)30-23(32)22(31)18-12-28-20-10-14(26)8-9-16(18)20/h4-12,21,27-28H,13H2,1-3H3,(H,29,33)(H,30,32). The number of amides is 2. The molecule has 0 radical (unpaired) electrons. The van der Waals surface area contributed by atoms with Crippen molar-refractivity contribution >= 4 is 55.5 Å². The van der Waals surface area contributed by atoms with Crippen LogP contribution in [0.4, 0.5) is 4.79 Å². The zero-order valence-corrected chi connectivity index (χ0v) is 20.6. The quantitative estimate of drug-likeness (QED) is 0.210. The topological polar surface area (TPSA) is 116 Å². The monoisotopic (exact) mass is 524 g/mol. The molecule has 4 rings (SSSR count). The molecule has 4 N–H and O–H groups in total. The van der Waals surface area contributed by atoms with Gasteiger partial charge in [0.25, 0.3) is 11.7 Å². The third-order valence-electron chi connectivity index (χ3n) is 5.25. The summed E-state index contributed by atoms with van der Waals surface area (Å²) in [7, 11) is 0. The third kappa shape index (κ3) is 5.14. The molecule has 2 heterocycles. The number of Topliss-reactive ketones (excluding diaryl/α,β-unsaturated/α-hetero) is 1. The maximum Gasteiger partial charge on any atom is 0.407 e. The summed E-state index contributed by atoms with van der Waals surface area (Å²) >= 11 is 3.40. The number of alkyl carbamates (subject to hydrolysis) is 1. The fourth-order valence-corrected chi connectivity index (χ4v) is 4.11. The number of H-pyrrole nitrogens is 2. The summed E-state index contributed by atoms with van der Waals surface area (Å²) < 4.78 is 6.18. The summed E-state index contributed by atoms with van der Waals surface area (Å²) in [4.78, 5) is 44.5. The maximum absolute atomic E-state index is 13.0. The number of hydrogen-bond acceptors (Lipinski definition) is 4. The Morgan fingerprint density at radius 2 is 1.74 bits per heavy atom. The number of aromatic amines is 2. The van der Waals surface area contributed by atoms with E-state index in [1.807, 2.05) is 36.4 Å². The normalized spacial score (nSPS) is 12.5. The Morgan fingerprint density at radius 3 is 2.50 bits per heavy atom. The number of aromatic nitrogens is 2. The lowest BCUT2D eigenvalue weighted by atomic mass is 10.0. The van der Waals surface area contributed by atoms with Crippen LogP contribution in [0.2, 0.25) is 0 Å². The van der Waals surface area contributed by atoms with Gasteiger partial charge in [-0.3, -0.25) is 9.59 Å². The molecule has 1 atom stereocenters. The lowest BCUT2D eigenvalue weighted by Crippen LogP contribution is -2.42. The smallest absolute Gasteiger partial charge is 0.407 e. The van der Waals surface area contributed by atoms with Gasteiger partial charge in [0.1, 0.15) is 5.60 Å². The number of hydrogen-bond donors (Lipinski definition) is 4. The molecule has 2 aromatic heterocycles. The lowest BCUT2D eigenvalue weighted by Gasteiger charge is -2.22. The summed E-state index contributed by atoms with van der Waals surface area (Å²) in [5.74, 6) is -1.44. The van der Waals surface area contributed by atoms with Gasteiger partial charge in [-0.25, -0.2) is 4.79 Å². The number of benzene rings is 2. The number of ketones is 1. The Hall–Kier alpha value is -3.59. The number of halogens is 1. The molecule has 1 unspecified atom stereocenters. The average Bonchev–Trinajstić information content (AvgIpc) is 3.38. The largest absolute Gasteiger partial charge is 0.444 e. The molecule has 34 heavy (non-hydrogen) atoms. The Morgan fingerprint density at radius 1 is 1.00 bits per heavy atom. The molecule has 4 aromatic rings. The highest BCUT2D eigenvalue weighted by atomic mass is 79.9. The summed E-state index contributed by atoms with van der Waals surface area (Å²) in [6.45, 7) is 5.34. The van der Waals surface area contributed by atoms with Crippen molar-refractivity contribution in [3.8, 4) is 0 Å². The second kappa shape index (κ2) is 9.34. The van der Waals surface area contributed by atoms with Crippen LogP contribution in [0.15, 0.2) is 59.3 Å². The molecule has 0 spiro atoms. The number of carbonyl (C=O) groups excluding carboxylic acids is 3. The van der Waals surface area contributed by atoms with Crippen LogP contribution in [0.1, 0.15) is 42.7 Å². The van der Waals surface area contributed by atoms with Gasteiger partial charge in [0.2, 0.25) is 0 Å². The number of fused-ring (bicyclic) bond motifs is 2. The van der Waals surface area contributed by atoms with Crippen LogP contribution < -0.4 is 10.6 Å². The van der Waals surface area contributed by atoms with E-state index in [9.17, 15) is 14.4 Å². The second-order valence-corrected chi connectivity index (χ2v) is 9.84. The summed E-state index contributed by atoms with van der Waals surface area (Å²) in [6, 6.07) is 12.4. The molecule has 9 heteroatoms. The first-order chi connectivity index (χ1) is 16.1. The van der Waals surface area contributed by atoms with E-state index in [4.69, 9.17) is 4.74 Å². The van der Waals surface area contributed by atoms with E-state index < -0.39 is 29.4 Å². The molecule has 0 fully saturated rings. The second-order valence-electron chi connectivity index (χ2n) is 8.92. The van der Waals surface area contributed by atoms with Gasteiger partial charge >= 0.3 is 6.09 Å². The van der Waals surface area contributed by atoms with Gasteiger partial charge in [-0.15, -0.1) is 0 Å². The first-order valence-electron chi connectivity index (χ1n) is 10.8. The molecule has 0 saturated heterocycles. The average molecular weight is 525 g/mol. The first kappa shape index (κ1) is 23.6. The molecule has 176 valence electrons. The number of carbonyl (C=O) groups is 3. The lowest BCUT2D eigenvalue weighted by molar-refractivity contribution is -0.117. The number of nitrogens with one attached hydrogen (secondary N) is 4. The van der Waals surface area contributed by atoms with Crippen molar-refractivity contribution in [2.24, 2.45) is 0 Å². The van der Waals surface area contributed by atoms with Crippen LogP contribution in [-0.4, -0.2) is 39.9 Å². The van der Waals surface area contributed by atoms with Gasteiger partial charge in [0, 0.05) is 50.8 Å². The Labute approximate surface area is 204 Å². The van der Waals surface area contributed by atoms with Crippen LogP contribution in [0.3, 0.4) is 0 Å². The van der Waals surface area contributed by atoms with E-state index in [-0.39, 0.29) is 12.1 Å². The van der Waals surface area contributed by atoms with Gasteiger partial charge in [-0.1, -0.05) is 40.2 Å². The van der Waals surface area contributed by atoms with Crippen molar-refractivity contribution in [1.29, 1.82) is 0 Å². The fourth-order valence-electron chi connectivity index (χ4n) is 3.75. The minimum atomic E-state index is -0.773. The predicted octanol–water partition coefficient (Wildman–Crippen LogP) is 4.98. The van der Waals surface area contributed by atoms with E-state index in [0.29, 0.717) is 5.39 Å². The molecule has 8 nitrogen and oxygen atoms in total. The van der Waals surface area contributed by atoms with Crippen molar-refractivity contribution < 1.29 is 19.1 Å². The highest BCUT2D eigenvalue weighted by Crippen LogP contribution is 2.25. The maximum atomic E-state index is 13.0. The molecule has 2 aromatic carbocycles. The van der Waals surface area contributed by atoms with E-state index in [1.54, 1.807) is 33.0 Å². The van der Waals surface area contributed by atoms with Gasteiger partial charge < -0.3 is 25.3 Å². The Kier molecular flexibility index (Phi) is 6.47.